The van der Waals surface area contributed by atoms with Crippen molar-refractivity contribution in [3.63, 3.8) is 0 Å². The Bertz CT molecular complexity index is 984. The van der Waals surface area contributed by atoms with E-state index in [1.165, 1.54) is 4.90 Å². The second-order valence-electron chi connectivity index (χ2n) is 8.26. The summed E-state index contributed by atoms with van der Waals surface area (Å²) in [4.78, 5) is 27.8. The van der Waals surface area contributed by atoms with E-state index in [1.807, 2.05) is 62.4 Å². The van der Waals surface area contributed by atoms with Crippen LogP contribution in [-0.2, 0) is 9.59 Å². The highest BCUT2D eigenvalue weighted by Crippen LogP contribution is 2.44. The molecule has 1 aliphatic heterocycles. The first-order valence-electron chi connectivity index (χ1n) is 9.76. The van der Waals surface area contributed by atoms with Crippen LogP contribution in [0.5, 0.6) is 5.75 Å². The summed E-state index contributed by atoms with van der Waals surface area (Å²) in [5, 5.41) is 10.7. The molecule has 152 valence electrons. The third-order valence-electron chi connectivity index (χ3n) is 4.90. The summed E-state index contributed by atoms with van der Waals surface area (Å²) in [6.07, 6.45) is 0. The Morgan fingerprint density at radius 2 is 1.83 bits per heavy atom. The molecule has 1 amide bonds. The van der Waals surface area contributed by atoms with Gasteiger partial charge in [0.25, 0.3) is 5.91 Å². The highest BCUT2D eigenvalue weighted by Gasteiger charge is 2.46. The summed E-state index contributed by atoms with van der Waals surface area (Å²) < 4.78 is 5.62. The second kappa shape index (κ2) is 7.74. The number of benzene rings is 2. The van der Waals surface area contributed by atoms with E-state index in [0.717, 1.165) is 5.56 Å². The predicted molar refractivity (Wildman–Crippen MR) is 113 cm³/mol. The maximum atomic E-state index is 13.2. The number of rotatable bonds is 5. The largest absolute Gasteiger partial charge is 0.503 e. The first-order chi connectivity index (χ1) is 13.6. The Balaban J connectivity index is 2.21. The van der Waals surface area contributed by atoms with E-state index in [2.05, 4.69) is 0 Å². The van der Waals surface area contributed by atoms with Crippen molar-refractivity contribution in [2.24, 2.45) is 5.41 Å². The number of aliphatic hydroxyl groups is 1. The summed E-state index contributed by atoms with van der Waals surface area (Å²) in [7, 11) is 0. The predicted octanol–water partition coefficient (Wildman–Crippen LogP) is 4.91. The number of ketones is 1. The van der Waals surface area contributed by atoms with E-state index >= 15 is 0 Å². The summed E-state index contributed by atoms with van der Waals surface area (Å²) in [6.45, 7) is 9.67. The molecular weight excluding hydrogens is 366 g/mol. The standard InChI is InChI=1S/C24H27NO4/c1-6-29-18-12-8-10-16(14-18)20-19(22(27)24(3,4)5)21(26)23(28)25(20)17-11-7-9-15(2)13-17/h7-14,20,26H,6H2,1-5H3. The molecule has 5 nitrogen and oxygen atoms in total. The molecule has 2 aromatic carbocycles. The van der Waals surface area contributed by atoms with E-state index < -0.39 is 23.1 Å². The summed E-state index contributed by atoms with van der Waals surface area (Å²) in [6, 6.07) is 14.1. The fraction of sp³-hybridized carbons (Fsp3) is 0.333. The highest BCUT2D eigenvalue weighted by atomic mass is 16.5. The van der Waals surface area contributed by atoms with Gasteiger partial charge in [0, 0.05) is 11.1 Å². The summed E-state index contributed by atoms with van der Waals surface area (Å²) in [5.41, 5.74) is 1.69. The molecule has 1 aliphatic rings. The van der Waals surface area contributed by atoms with Crippen molar-refractivity contribution >= 4 is 17.4 Å². The van der Waals surface area contributed by atoms with Gasteiger partial charge in [-0.05, 0) is 49.2 Å². The van der Waals surface area contributed by atoms with Crippen molar-refractivity contribution in [2.75, 3.05) is 11.5 Å². The quantitative estimate of drug-likeness (QED) is 0.784. The molecule has 29 heavy (non-hydrogen) atoms. The van der Waals surface area contributed by atoms with Gasteiger partial charge in [-0.2, -0.15) is 0 Å². The molecular formula is C24H27NO4. The fourth-order valence-corrected chi connectivity index (χ4v) is 3.54. The maximum absolute atomic E-state index is 13.2. The lowest BCUT2D eigenvalue weighted by Gasteiger charge is -2.29. The molecule has 0 aromatic heterocycles. The Morgan fingerprint density at radius 3 is 2.45 bits per heavy atom. The number of aliphatic hydroxyl groups excluding tert-OH is 1. The van der Waals surface area contributed by atoms with Crippen LogP contribution in [0.4, 0.5) is 5.69 Å². The van der Waals surface area contributed by atoms with E-state index in [1.54, 1.807) is 20.8 Å². The Labute approximate surface area is 171 Å². The zero-order chi connectivity index (χ0) is 21.3. The Kier molecular flexibility index (Phi) is 5.51. The van der Waals surface area contributed by atoms with Gasteiger partial charge >= 0.3 is 0 Å². The van der Waals surface area contributed by atoms with Crippen molar-refractivity contribution in [3.8, 4) is 5.75 Å². The van der Waals surface area contributed by atoms with Crippen LogP contribution >= 0.6 is 0 Å². The minimum Gasteiger partial charge on any atom is -0.503 e. The molecule has 5 heteroatoms. The number of carbonyl (C=O) groups is 2. The monoisotopic (exact) mass is 393 g/mol. The first-order valence-corrected chi connectivity index (χ1v) is 9.76. The van der Waals surface area contributed by atoms with Gasteiger partial charge in [-0.3, -0.25) is 14.5 Å². The molecule has 1 unspecified atom stereocenters. The normalized spacial score (nSPS) is 17.1. The number of anilines is 1. The molecule has 3 rings (SSSR count). The van der Waals surface area contributed by atoms with E-state index in [9.17, 15) is 14.7 Å². The smallest absolute Gasteiger partial charge is 0.294 e. The maximum Gasteiger partial charge on any atom is 0.294 e. The van der Waals surface area contributed by atoms with Crippen LogP contribution < -0.4 is 9.64 Å². The van der Waals surface area contributed by atoms with Crippen molar-refractivity contribution in [1.29, 1.82) is 0 Å². The number of carbonyl (C=O) groups excluding carboxylic acids is 2. The van der Waals surface area contributed by atoms with E-state index in [0.29, 0.717) is 23.6 Å². The minimum absolute atomic E-state index is 0.123. The summed E-state index contributed by atoms with van der Waals surface area (Å²) >= 11 is 0. The number of hydrogen-bond donors (Lipinski definition) is 1. The third kappa shape index (κ3) is 3.90. The van der Waals surface area contributed by atoms with Gasteiger partial charge in [0.15, 0.2) is 11.5 Å². The van der Waals surface area contributed by atoms with Crippen LogP contribution in [0, 0.1) is 12.3 Å². The lowest BCUT2D eigenvalue weighted by Crippen LogP contribution is -2.32. The molecule has 0 aliphatic carbocycles. The zero-order valence-corrected chi connectivity index (χ0v) is 17.5. The van der Waals surface area contributed by atoms with Crippen LogP contribution in [0.25, 0.3) is 0 Å². The topological polar surface area (TPSA) is 66.8 Å². The van der Waals surface area contributed by atoms with Gasteiger partial charge in [0.1, 0.15) is 5.75 Å². The van der Waals surface area contributed by atoms with Crippen molar-refractivity contribution in [2.45, 2.75) is 40.7 Å². The SMILES string of the molecule is CCOc1cccc(C2C(C(=O)C(C)(C)C)=C(O)C(=O)N2c2cccc(C)c2)c1. The number of amides is 1. The van der Waals surface area contributed by atoms with Gasteiger partial charge in [-0.15, -0.1) is 0 Å². The number of nitrogens with zero attached hydrogens (tertiary/aromatic N) is 1. The zero-order valence-electron chi connectivity index (χ0n) is 17.5. The van der Waals surface area contributed by atoms with E-state index in [-0.39, 0.29) is 11.4 Å². The van der Waals surface area contributed by atoms with Crippen molar-refractivity contribution < 1.29 is 19.4 Å². The molecule has 0 bridgehead atoms. The lowest BCUT2D eigenvalue weighted by atomic mass is 9.82. The van der Waals surface area contributed by atoms with Gasteiger partial charge in [0.2, 0.25) is 0 Å². The molecule has 0 radical (unpaired) electrons. The van der Waals surface area contributed by atoms with Crippen LogP contribution in [0.2, 0.25) is 0 Å². The third-order valence-corrected chi connectivity index (χ3v) is 4.90. The highest BCUT2D eigenvalue weighted by molar-refractivity contribution is 6.17. The van der Waals surface area contributed by atoms with Crippen molar-refractivity contribution in [1.82, 2.24) is 0 Å². The van der Waals surface area contributed by atoms with Crippen LogP contribution in [0.3, 0.4) is 0 Å². The second-order valence-corrected chi connectivity index (χ2v) is 8.26. The fourth-order valence-electron chi connectivity index (χ4n) is 3.54. The number of ether oxygens (including phenoxy) is 1. The molecule has 0 saturated heterocycles. The Hall–Kier alpha value is -3.08. The van der Waals surface area contributed by atoms with E-state index in [4.69, 9.17) is 4.74 Å². The number of aryl methyl sites for hydroxylation is 1. The van der Waals surface area contributed by atoms with Gasteiger partial charge in [0.05, 0.1) is 18.2 Å². The van der Waals surface area contributed by atoms with Crippen molar-refractivity contribution in [3.05, 3.63) is 71.0 Å². The molecule has 0 spiro atoms. The molecule has 1 heterocycles. The van der Waals surface area contributed by atoms with Gasteiger partial charge in [-0.1, -0.05) is 45.0 Å². The minimum atomic E-state index is -0.748. The average Bonchev–Trinajstić information content (AvgIpc) is 2.92. The number of hydrogen-bond acceptors (Lipinski definition) is 4. The Morgan fingerprint density at radius 1 is 1.14 bits per heavy atom. The average molecular weight is 393 g/mol. The van der Waals surface area contributed by atoms with Gasteiger partial charge in [-0.25, -0.2) is 0 Å². The van der Waals surface area contributed by atoms with Crippen LogP contribution in [0.15, 0.2) is 59.9 Å². The first kappa shape index (κ1) is 20.6. The molecule has 0 saturated carbocycles. The summed E-state index contributed by atoms with van der Waals surface area (Å²) in [5.74, 6) is -0.672. The molecule has 1 atom stereocenters. The lowest BCUT2D eigenvalue weighted by molar-refractivity contribution is -0.123. The van der Waals surface area contributed by atoms with Gasteiger partial charge < -0.3 is 9.84 Å². The molecule has 0 fully saturated rings. The number of Topliss-reactive ketones (excluding diaryl/α,β-unsaturated/α-hetero) is 1. The molecule has 1 N–H and O–H groups in total. The van der Waals surface area contributed by atoms with Crippen LogP contribution in [-0.4, -0.2) is 23.4 Å². The van der Waals surface area contributed by atoms with Crippen LogP contribution in [0.1, 0.15) is 44.9 Å². The molecule has 2 aromatic rings.